The molecule has 37 heavy (non-hydrogen) atoms. The van der Waals surface area contributed by atoms with Crippen molar-refractivity contribution < 1.29 is 11.0 Å². The van der Waals surface area contributed by atoms with Gasteiger partial charge >= 0.3 is 0 Å². The summed E-state index contributed by atoms with van der Waals surface area (Å²) in [5.74, 6) is 1.43. The number of hydrogen-bond donors (Lipinski definition) is 1. The Kier molecular flexibility index (Phi) is 12.6. The summed E-state index contributed by atoms with van der Waals surface area (Å²) in [6, 6.07) is 1.73. The molecule has 1 N–H and O–H groups in total. The molecule has 3 unspecified atom stereocenters. The Labute approximate surface area is 227 Å². The molecule has 0 radical (unpaired) electrons. The molecule has 2 aliphatic rings. The van der Waals surface area contributed by atoms with Crippen molar-refractivity contribution in [2.45, 2.75) is 103 Å². The number of carbonyl (C=O) groups is 1. The van der Waals surface area contributed by atoms with Gasteiger partial charge in [0.2, 0.25) is 11.9 Å². The Balaban J connectivity index is 0.00000507. The highest BCUT2D eigenvalue weighted by atomic mass is 16.5. The Morgan fingerprint density at radius 2 is 1.78 bits per heavy atom. The predicted octanol–water partition coefficient (Wildman–Crippen LogP) is 4.31. The van der Waals surface area contributed by atoms with Crippen LogP contribution in [0, 0.1) is 0 Å². The SMILES string of the molecule is CCOCC(=O)NCCCCCCN(C)CCC(CC)c1cnc(N2C3CCC2CN(C(C)C)C3)nc1.[HH]. The Bertz CT molecular complexity index is 782. The molecule has 1 amide bonds. The minimum absolute atomic E-state index is 0. The Morgan fingerprint density at radius 3 is 2.41 bits per heavy atom. The van der Waals surface area contributed by atoms with E-state index in [1.807, 2.05) is 6.92 Å². The number of ether oxygens (including phenoxy) is 1. The van der Waals surface area contributed by atoms with Gasteiger partial charge in [-0.15, -0.1) is 0 Å². The van der Waals surface area contributed by atoms with Gasteiger partial charge in [0.25, 0.3) is 0 Å². The molecule has 2 bridgehead atoms. The first kappa shape index (κ1) is 29.8. The fourth-order valence-electron chi connectivity index (χ4n) is 5.79. The molecule has 2 aliphatic heterocycles. The number of nitrogens with one attached hydrogen (secondary N) is 1. The average Bonchev–Trinajstić information content (AvgIpc) is 3.16. The van der Waals surface area contributed by atoms with E-state index < -0.39 is 0 Å². The van der Waals surface area contributed by atoms with E-state index in [0.717, 1.165) is 64.4 Å². The smallest absolute Gasteiger partial charge is 0.245 e. The van der Waals surface area contributed by atoms with E-state index in [9.17, 15) is 4.79 Å². The third-order valence-electron chi connectivity index (χ3n) is 8.18. The van der Waals surface area contributed by atoms with Crippen LogP contribution >= 0.6 is 0 Å². The fourth-order valence-corrected chi connectivity index (χ4v) is 5.79. The monoisotopic (exact) mass is 518 g/mol. The second-order valence-electron chi connectivity index (χ2n) is 11.3. The quantitative estimate of drug-likeness (QED) is 0.308. The van der Waals surface area contributed by atoms with Crippen LogP contribution in [0.3, 0.4) is 0 Å². The highest BCUT2D eigenvalue weighted by molar-refractivity contribution is 5.77. The minimum atomic E-state index is -0.0105. The van der Waals surface area contributed by atoms with E-state index in [-0.39, 0.29) is 13.9 Å². The molecular weight excluding hydrogens is 464 g/mol. The van der Waals surface area contributed by atoms with E-state index in [1.54, 1.807) is 0 Å². The van der Waals surface area contributed by atoms with Crippen molar-refractivity contribution in [1.82, 2.24) is 25.1 Å². The lowest BCUT2D eigenvalue weighted by molar-refractivity contribution is -0.125. The zero-order valence-electron chi connectivity index (χ0n) is 24.1. The first-order valence-electron chi connectivity index (χ1n) is 14.8. The molecular formula is C29H54N6O2. The number of hydrogen-bond acceptors (Lipinski definition) is 7. The molecule has 2 fully saturated rings. The summed E-state index contributed by atoms with van der Waals surface area (Å²) in [5.41, 5.74) is 1.28. The number of rotatable bonds is 17. The summed E-state index contributed by atoms with van der Waals surface area (Å²) in [4.78, 5) is 28.8. The maximum absolute atomic E-state index is 11.5. The van der Waals surface area contributed by atoms with Gasteiger partial charge in [-0.2, -0.15) is 0 Å². The zero-order chi connectivity index (χ0) is 26.6. The van der Waals surface area contributed by atoms with Crippen molar-refractivity contribution in [2.24, 2.45) is 0 Å². The molecule has 1 aromatic rings. The lowest BCUT2D eigenvalue weighted by Crippen LogP contribution is -2.56. The molecule has 0 aliphatic carbocycles. The summed E-state index contributed by atoms with van der Waals surface area (Å²) in [7, 11) is 2.23. The molecule has 3 heterocycles. The van der Waals surface area contributed by atoms with E-state index in [2.05, 4.69) is 60.2 Å². The van der Waals surface area contributed by atoms with Crippen LogP contribution in [0.25, 0.3) is 0 Å². The Hall–Kier alpha value is -1.77. The van der Waals surface area contributed by atoms with Crippen LogP contribution < -0.4 is 10.2 Å². The van der Waals surface area contributed by atoms with E-state index in [0.29, 0.717) is 30.7 Å². The normalized spacial score (nSPS) is 20.7. The second kappa shape index (κ2) is 15.6. The van der Waals surface area contributed by atoms with Gasteiger partial charge in [-0.05, 0) is 90.9 Å². The van der Waals surface area contributed by atoms with Gasteiger partial charge in [-0.25, -0.2) is 9.97 Å². The molecule has 8 heteroatoms. The topological polar surface area (TPSA) is 73.8 Å². The number of anilines is 1. The van der Waals surface area contributed by atoms with Crippen LogP contribution in [0.4, 0.5) is 5.95 Å². The number of aromatic nitrogens is 2. The van der Waals surface area contributed by atoms with E-state index >= 15 is 0 Å². The number of piperazine rings is 1. The summed E-state index contributed by atoms with van der Waals surface area (Å²) in [5, 5.41) is 2.92. The summed E-state index contributed by atoms with van der Waals surface area (Å²) in [6.45, 7) is 14.8. The van der Waals surface area contributed by atoms with Crippen molar-refractivity contribution in [3.05, 3.63) is 18.0 Å². The lowest BCUT2D eigenvalue weighted by atomic mass is 9.95. The van der Waals surface area contributed by atoms with Crippen LogP contribution in [0.15, 0.2) is 12.4 Å². The van der Waals surface area contributed by atoms with Gasteiger partial charge in [-0.3, -0.25) is 9.69 Å². The largest absolute Gasteiger partial charge is 0.372 e. The van der Waals surface area contributed by atoms with Crippen molar-refractivity contribution >= 4 is 11.9 Å². The van der Waals surface area contributed by atoms with Crippen LogP contribution in [0.5, 0.6) is 0 Å². The molecule has 0 aromatic carbocycles. The number of fused-ring (bicyclic) bond motifs is 2. The van der Waals surface area contributed by atoms with Crippen LogP contribution in [-0.4, -0.2) is 96.8 Å². The molecule has 1 aromatic heterocycles. The highest BCUT2D eigenvalue weighted by Crippen LogP contribution is 2.34. The van der Waals surface area contributed by atoms with E-state index in [4.69, 9.17) is 14.7 Å². The molecule has 3 rings (SSSR count). The predicted molar refractivity (Wildman–Crippen MR) is 153 cm³/mol. The second-order valence-corrected chi connectivity index (χ2v) is 11.3. The Morgan fingerprint density at radius 1 is 1.11 bits per heavy atom. The van der Waals surface area contributed by atoms with Gasteiger partial charge in [0.15, 0.2) is 0 Å². The number of amides is 1. The number of likely N-dealkylation sites (tertiary alicyclic amines) is 1. The van der Waals surface area contributed by atoms with Crippen molar-refractivity contribution in [1.29, 1.82) is 0 Å². The summed E-state index contributed by atoms with van der Waals surface area (Å²) >= 11 is 0. The van der Waals surface area contributed by atoms with Crippen LogP contribution in [-0.2, 0) is 9.53 Å². The summed E-state index contributed by atoms with van der Waals surface area (Å²) in [6.07, 6.45) is 13.5. The molecule has 212 valence electrons. The average molecular weight is 519 g/mol. The summed E-state index contributed by atoms with van der Waals surface area (Å²) < 4.78 is 5.12. The number of unbranched alkanes of at least 4 members (excludes halogenated alkanes) is 3. The maximum Gasteiger partial charge on any atom is 0.245 e. The van der Waals surface area contributed by atoms with Crippen molar-refractivity contribution in [3.8, 4) is 0 Å². The first-order chi connectivity index (χ1) is 17.9. The van der Waals surface area contributed by atoms with Gasteiger partial charge in [0.1, 0.15) is 6.61 Å². The molecule has 8 nitrogen and oxygen atoms in total. The van der Waals surface area contributed by atoms with Crippen molar-refractivity contribution in [3.63, 3.8) is 0 Å². The lowest BCUT2D eigenvalue weighted by Gasteiger charge is -2.42. The minimum Gasteiger partial charge on any atom is -0.372 e. The molecule has 2 saturated heterocycles. The molecule has 0 spiro atoms. The van der Waals surface area contributed by atoms with Gasteiger partial charge in [0.05, 0.1) is 0 Å². The van der Waals surface area contributed by atoms with Crippen molar-refractivity contribution in [2.75, 3.05) is 57.9 Å². The van der Waals surface area contributed by atoms with Crippen LogP contribution in [0.2, 0.25) is 0 Å². The zero-order valence-corrected chi connectivity index (χ0v) is 24.1. The molecule has 0 saturated carbocycles. The standard InChI is InChI=1S/C29H52N6O2.H2/c1-6-24(14-17-33(5)16-11-9-8-10-15-30-28(36)22-37-7-2)25-18-31-29(32-19-25)35-26-12-13-27(35)21-34(20-26)23(3)4;/h18-19,23-24,26-27H,6-17,20-22H2,1-5H3,(H,30,36);1H. The van der Waals surface area contributed by atoms with E-state index in [1.165, 1.54) is 31.2 Å². The van der Waals surface area contributed by atoms with Crippen LogP contribution in [0.1, 0.15) is 92.0 Å². The first-order valence-corrected chi connectivity index (χ1v) is 14.8. The number of nitrogens with zero attached hydrogens (tertiary/aromatic N) is 5. The number of carbonyl (C=O) groups excluding carboxylic acids is 1. The van der Waals surface area contributed by atoms with Gasteiger partial charge in [-0.1, -0.05) is 19.8 Å². The maximum atomic E-state index is 11.5. The van der Waals surface area contributed by atoms with Gasteiger partial charge in [0, 0.05) is 58.2 Å². The fraction of sp³-hybridized carbons (Fsp3) is 0.828. The highest BCUT2D eigenvalue weighted by Gasteiger charge is 2.41. The van der Waals surface area contributed by atoms with Gasteiger partial charge < -0.3 is 19.9 Å². The third kappa shape index (κ3) is 9.18. The third-order valence-corrected chi connectivity index (χ3v) is 8.18. The molecule has 3 atom stereocenters.